The van der Waals surface area contributed by atoms with Crippen molar-refractivity contribution in [1.29, 1.82) is 10.5 Å². The van der Waals surface area contributed by atoms with Crippen LogP contribution in [0.5, 0.6) is 0 Å². The molecule has 2 radical (unpaired) electrons. The summed E-state index contributed by atoms with van der Waals surface area (Å²) in [5, 5.41) is 37.0. The fourth-order valence-corrected chi connectivity index (χ4v) is 5.71. The molecule has 2 aromatic carbocycles. The van der Waals surface area contributed by atoms with Gasteiger partial charge in [-0.3, -0.25) is 4.98 Å². The molecule has 4 aromatic rings. The molecular weight excluding hydrogens is 535 g/mol. The van der Waals surface area contributed by atoms with E-state index >= 15 is 0 Å². The van der Waals surface area contributed by atoms with E-state index in [-0.39, 0.29) is 11.5 Å². The maximum Gasteiger partial charge on any atom is 0.119 e. The largest absolute Gasteiger partial charge is 0.381 e. The lowest BCUT2D eigenvalue weighted by atomic mass is 9.69. The number of anilines is 2. The minimum atomic E-state index is -1.37. The molecule has 2 atom stereocenters. The zero-order chi connectivity index (χ0) is 28.8. The van der Waals surface area contributed by atoms with Gasteiger partial charge in [-0.05, 0) is 43.0 Å². The monoisotopic (exact) mass is 562 g/mol. The molecule has 3 heterocycles. The molecule has 0 amide bonds. The quantitative estimate of drug-likeness (QED) is 0.292. The summed E-state index contributed by atoms with van der Waals surface area (Å²) in [5.41, 5.74) is 1.94. The topological polar surface area (TPSA) is 124 Å². The van der Waals surface area contributed by atoms with E-state index in [1.54, 1.807) is 12.1 Å². The van der Waals surface area contributed by atoms with Crippen molar-refractivity contribution in [3.05, 3.63) is 76.2 Å². The molecule has 6 rings (SSSR count). The zero-order valence-electron chi connectivity index (χ0n) is 22.9. The first kappa shape index (κ1) is 27.1. The number of halogens is 1. The number of nitrogens with zero attached hydrogens (tertiary/aromatic N) is 6. The summed E-state index contributed by atoms with van der Waals surface area (Å²) in [5.74, 6) is 0. The van der Waals surface area contributed by atoms with Crippen LogP contribution >= 0.6 is 11.6 Å². The second-order valence-electron chi connectivity index (χ2n) is 11.4. The predicted octanol–water partition coefficient (Wildman–Crippen LogP) is 5.27. The van der Waals surface area contributed by atoms with Crippen LogP contribution in [0.4, 0.5) is 11.4 Å². The van der Waals surface area contributed by atoms with Crippen molar-refractivity contribution in [2.24, 2.45) is 5.41 Å². The molecule has 2 N–H and O–H groups in total. The van der Waals surface area contributed by atoms with Gasteiger partial charge in [0.25, 0.3) is 0 Å². The first-order valence-electron chi connectivity index (χ1n) is 13.6. The van der Waals surface area contributed by atoms with Crippen LogP contribution in [0.2, 0.25) is 5.02 Å². The van der Waals surface area contributed by atoms with Crippen molar-refractivity contribution in [3.63, 3.8) is 0 Å². The molecule has 0 spiro atoms. The minimum absolute atomic E-state index is 0.0466. The summed E-state index contributed by atoms with van der Waals surface area (Å²) in [6.07, 6.45) is 6.22. The van der Waals surface area contributed by atoms with Crippen molar-refractivity contribution in [3.8, 4) is 12.1 Å². The molecule has 1 aliphatic heterocycles. The van der Waals surface area contributed by atoms with Gasteiger partial charge in [-0.2, -0.15) is 10.5 Å². The molecule has 41 heavy (non-hydrogen) atoms. The maximum absolute atomic E-state index is 10.1. The molecule has 0 bridgehead atoms. The third-order valence-electron chi connectivity index (χ3n) is 7.97. The van der Waals surface area contributed by atoms with Crippen LogP contribution in [0.3, 0.4) is 0 Å². The van der Waals surface area contributed by atoms with Crippen LogP contribution in [0.25, 0.3) is 10.9 Å². The maximum atomic E-state index is 10.1. The summed E-state index contributed by atoms with van der Waals surface area (Å²) in [7, 11) is 7.13. The number of rotatable bonds is 7. The summed E-state index contributed by atoms with van der Waals surface area (Å²) in [6, 6.07) is 15.8. The molecule has 11 heteroatoms. The average Bonchev–Trinajstić information content (AvgIpc) is 3.69. The Balaban J connectivity index is 1.49. The molecule has 1 aliphatic carbocycles. The molecular formula is C30H28BClN8O. The summed E-state index contributed by atoms with van der Waals surface area (Å²) in [4.78, 5) is 4.50. The number of benzene rings is 2. The van der Waals surface area contributed by atoms with Crippen LogP contribution in [0.15, 0.2) is 48.8 Å². The first-order valence-corrected chi connectivity index (χ1v) is 14.0. The zero-order valence-corrected chi connectivity index (χ0v) is 23.6. The van der Waals surface area contributed by atoms with E-state index in [1.807, 2.05) is 35.1 Å². The lowest BCUT2D eigenvalue weighted by Gasteiger charge is -2.39. The van der Waals surface area contributed by atoms with Crippen LogP contribution in [0, 0.1) is 28.1 Å². The summed E-state index contributed by atoms with van der Waals surface area (Å²) >= 11 is 6.67. The van der Waals surface area contributed by atoms with Gasteiger partial charge >= 0.3 is 0 Å². The van der Waals surface area contributed by atoms with Crippen molar-refractivity contribution in [2.45, 2.75) is 50.6 Å². The van der Waals surface area contributed by atoms with Gasteiger partial charge in [0, 0.05) is 40.4 Å². The van der Waals surface area contributed by atoms with Crippen molar-refractivity contribution >= 4 is 41.7 Å². The summed E-state index contributed by atoms with van der Waals surface area (Å²) < 4.78 is 7.54. The smallest absolute Gasteiger partial charge is 0.119 e. The van der Waals surface area contributed by atoms with Crippen molar-refractivity contribution in [2.75, 3.05) is 23.8 Å². The number of aromatic nitrogens is 4. The second-order valence-corrected chi connectivity index (χ2v) is 11.9. The van der Waals surface area contributed by atoms with Crippen molar-refractivity contribution < 1.29 is 4.74 Å². The highest BCUT2D eigenvalue weighted by Gasteiger charge is 2.36. The number of nitriles is 2. The second kappa shape index (κ2) is 10.4. The van der Waals surface area contributed by atoms with E-state index in [9.17, 15) is 10.5 Å². The highest BCUT2D eigenvalue weighted by molar-refractivity contribution is 6.33. The Labute approximate surface area is 244 Å². The van der Waals surface area contributed by atoms with Gasteiger partial charge < -0.3 is 15.4 Å². The van der Waals surface area contributed by atoms with Gasteiger partial charge in [-0.15, -0.1) is 5.10 Å². The third-order valence-corrected chi connectivity index (χ3v) is 8.30. The van der Waals surface area contributed by atoms with Gasteiger partial charge in [0.1, 0.15) is 25.7 Å². The highest BCUT2D eigenvalue weighted by Crippen LogP contribution is 2.40. The van der Waals surface area contributed by atoms with Crippen LogP contribution in [-0.4, -0.2) is 47.1 Å². The SMILES string of the molecule is [B]C(Nc1cc(C#N)c2ncc(C#N)c(NC3CCOCC3(C)C)c2c1)(c1cn(C2CC2)nn1)c1ccccc1Cl. The molecule has 2 fully saturated rings. The van der Waals surface area contributed by atoms with Gasteiger partial charge in [-0.25, -0.2) is 4.68 Å². The Morgan fingerprint density at radius 2 is 1.93 bits per heavy atom. The molecule has 1 saturated heterocycles. The van der Waals surface area contributed by atoms with E-state index in [0.29, 0.717) is 68.9 Å². The van der Waals surface area contributed by atoms with Crippen LogP contribution < -0.4 is 10.6 Å². The van der Waals surface area contributed by atoms with E-state index in [2.05, 4.69) is 51.9 Å². The average molecular weight is 563 g/mol. The third kappa shape index (κ3) is 4.99. The fraction of sp³-hybridized carbons (Fsp3) is 0.367. The number of pyridine rings is 1. The molecule has 2 aromatic heterocycles. The fourth-order valence-electron chi connectivity index (χ4n) is 5.42. The number of ether oxygens (including phenoxy) is 1. The first-order chi connectivity index (χ1) is 19.7. The Hall–Kier alpha value is -4.12. The lowest BCUT2D eigenvalue weighted by Crippen LogP contribution is -2.44. The lowest BCUT2D eigenvalue weighted by molar-refractivity contribution is 0.00350. The molecule has 2 aliphatic rings. The molecule has 1 saturated carbocycles. The number of nitrogens with one attached hydrogen (secondary N) is 2. The predicted molar refractivity (Wildman–Crippen MR) is 158 cm³/mol. The number of fused-ring (bicyclic) bond motifs is 1. The normalized spacial score (nSPS) is 19.6. The van der Waals surface area contributed by atoms with Crippen LogP contribution in [-0.2, 0) is 10.2 Å². The van der Waals surface area contributed by atoms with E-state index in [4.69, 9.17) is 24.2 Å². The minimum Gasteiger partial charge on any atom is -0.381 e. The van der Waals surface area contributed by atoms with Crippen LogP contribution in [0.1, 0.15) is 61.5 Å². The Morgan fingerprint density at radius 3 is 2.63 bits per heavy atom. The molecule has 9 nitrogen and oxygen atoms in total. The van der Waals surface area contributed by atoms with Gasteiger partial charge in [0.05, 0.1) is 46.6 Å². The molecule has 2 unspecified atom stereocenters. The summed E-state index contributed by atoms with van der Waals surface area (Å²) in [6.45, 7) is 5.49. The number of hydrogen-bond donors (Lipinski definition) is 2. The van der Waals surface area contributed by atoms with E-state index < -0.39 is 5.44 Å². The van der Waals surface area contributed by atoms with Gasteiger partial charge in [0.15, 0.2) is 0 Å². The highest BCUT2D eigenvalue weighted by atomic mass is 35.5. The van der Waals surface area contributed by atoms with Gasteiger partial charge in [-0.1, -0.05) is 48.9 Å². The molecule has 204 valence electrons. The number of hydrogen-bond acceptors (Lipinski definition) is 8. The van der Waals surface area contributed by atoms with Crippen molar-refractivity contribution in [1.82, 2.24) is 20.0 Å². The van der Waals surface area contributed by atoms with E-state index in [0.717, 1.165) is 19.3 Å². The Kier molecular flexibility index (Phi) is 6.85. The van der Waals surface area contributed by atoms with E-state index in [1.165, 1.54) is 6.20 Å². The van der Waals surface area contributed by atoms with Gasteiger partial charge in [0.2, 0.25) is 0 Å². The Morgan fingerprint density at radius 1 is 1.15 bits per heavy atom. The Bertz CT molecular complexity index is 1720. The standard InChI is InChI=1S/C30H28BClN8O/c1-29(2)17-41-10-9-25(29)36-28-19(14-34)15-35-27-18(13-33)11-20(12-22(27)28)37-30(31,23-5-3-4-6-24(23)32)26-16-40(39-38-26)21-7-8-21/h3-6,11-12,15-16,21,25,37H,7-10,17H2,1-2H3,(H,35,36).